The van der Waals surface area contributed by atoms with Crippen molar-refractivity contribution in [2.75, 3.05) is 5.75 Å². The van der Waals surface area contributed by atoms with Gasteiger partial charge in [0.2, 0.25) is 0 Å². The highest BCUT2D eigenvalue weighted by Crippen LogP contribution is 2.13. The summed E-state index contributed by atoms with van der Waals surface area (Å²) in [6, 6.07) is 7.40. The quantitative estimate of drug-likeness (QED) is 0.351. The van der Waals surface area contributed by atoms with E-state index in [1.165, 1.54) is 0 Å². The van der Waals surface area contributed by atoms with Gasteiger partial charge in [-0.1, -0.05) is 50.8 Å². The van der Waals surface area contributed by atoms with Crippen molar-refractivity contribution >= 4 is 30.3 Å². The van der Waals surface area contributed by atoms with Crippen LogP contribution in [0.4, 0.5) is 0 Å². The summed E-state index contributed by atoms with van der Waals surface area (Å²) in [5, 5.41) is 21.4. The summed E-state index contributed by atoms with van der Waals surface area (Å²) in [5.74, 6) is -1.71. The normalized spacial score (nSPS) is 14.1. The molecule has 7 heteroatoms. The lowest BCUT2D eigenvalue weighted by atomic mass is 10.0. The van der Waals surface area contributed by atoms with Gasteiger partial charge >= 0.3 is 11.9 Å². The second kappa shape index (κ2) is 10.8. The Morgan fingerprint density at radius 2 is 1.73 bits per heavy atom. The van der Waals surface area contributed by atoms with Crippen LogP contribution in [0.15, 0.2) is 47.6 Å². The van der Waals surface area contributed by atoms with Crippen LogP contribution in [-0.2, 0) is 9.59 Å². The lowest BCUT2D eigenvalue weighted by Gasteiger charge is -2.21. The molecule has 0 fully saturated rings. The van der Waals surface area contributed by atoms with Crippen molar-refractivity contribution in [2.45, 2.75) is 38.8 Å². The highest BCUT2D eigenvalue weighted by Gasteiger charge is 2.27. The molecule has 0 aliphatic carbocycles. The number of carboxylic acids is 2. The molecule has 0 saturated carbocycles. The van der Waals surface area contributed by atoms with Crippen LogP contribution in [0.25, 0.3) is 0 Å². The molecule has 0 aromatic heterocycles. The molecular formula is C19H26N2O4S. The number of carboxylic acid groups (broad SMARTS) is 2. The number of rotatable bonds is 11. The lowest BCUT2D eigenvalue weighted by Crippen LogP contribution is -2.47. The summed E-state index contributed by atoms with van der Waals surface area (Å²) in [6.45, 7) is 7.60. The van der Waals surface area contributed by atoms with Crippen molar-refractivity contribution < 1.29 is 19.8 Å². The number of thiol groups is 1. The molecule has 26 heavy (non-hydrogen) atoms. The van der Waals surface area contributed by atoms with E-state index < -0.39 is 24.0 Å². The number of hydrogen-bond acceptors (Lipinski definition) is 5. The van der Waals surface area contributed by atoms with E-state index in [-0.39, 0.29) is 12.3 Å². The Balaban J connectivity index is 2.88. The zero-order chi connectivity index (χ0) is 19.7. The minimum atomic E-state index is -1.14. The minimum Gasteiger partial charge on any atom is -0.480 e. The number of hydrogen-bond donors (Lipinski definition) is 4. The summed E-state index contributed by atoms with van der Waals surface area (Å²) in [5.41, 5.74) is 1.92. The summed E-state index contributed by atoms with van der Waals surface area (Å²) in [6.07, 6.45) is 0.335. The molecule has 2 atom stereocenters. The number of nitrogens with one attached hydrogen (secondary N) is 1. The fourth-order valence-corrected chi connectivity index (χ4v) is 2.72. The third-order valence-corrected chi connectivity index (χ3v) is 3.99. The topological polar surface area (TPSA) is 99.0 Å². The van der Waals surface area contributed by atoms with Gasteiger partial charge in [-0.3, -0.25) is 19.9 Å². The van der Waals surface area contributed by atoms with E-state index in [4.69, 9.17) is 0 Å². The van der Waals surface area contributed by atoms with E-state index in [1.807, 2.05) is 44.2 Å². The van der Waals surface area contributed by atoms with Gasteiger partial charge in [-0.15, -0.1) is 0 Å². The Hall–Kier alpha value is -2.12. The summed E-state index contributed by atoms with van der Waals surface area (Å²) in [4.78, 5) is 27.3. The summed E-state index contributed by atoms with van der Waals surface area (Å²) >= 11 is 4.27. The van der Waals surface area contributed by atoms with E-state index in [0.717, 1.165) is 5.56 Å². The van der Waals surface area contributed by atoms with Gasteiger partial charge in [0.25, 0.3) is 0 Å². The van der Waals surface area contributed by atoms with Crippen molar-refractivity contribution in [3.63, 3.8) is 0 Å². The largest absolute Gasteiger partial charge is 0.480 e. The van der Waals surface area contributed by atoms with Crippen LogP contribution in [0, 0.1) is 5.92 Å². The predicted octanol–water partition coefficient (Wildman–Crippen LogP) is 2.85. The number of benzene rings is 1. The highest BCUT2D eigenvalue weighted by molar-refractivity contribution is 7.81. The molecule has 0 bridgehead atoms. The SMILES string of the molecule is C=C(C[C@H](NC(CC(C)C)C(=O)O)C(=O)O)N=C(CS)c1ccccc1. The van der Waals surface area contributed by atoms with E-state index in [1.54, 1.807) is 0 Å². The first-order valence-corrected chi connectivity index (χ1v) is 9.01. The molecule has 142 valence electrons. The molecule has 0 aliphatic heterocycles. The molecule has 3 N–H and O–H groups in total. The summed E-state index contributed by atoms with van der Waals surface area (Å²) < 4.78 is 0. The molecule has 6 nitrogen and oxygen atoms in total. The number of nitrogens with zero attached hydrogens (tertiary/aromatic N) is 1. The molecule has 0 spiro atoms. The Bertz CT molecular complexity index is 659. The first kappa shape index (κ1) is 21.9. The van der Waals surface area contributed by atoms with Gasteiger partial charge in [-0.25, -0.2) is 0 Å². The Morgan fingerprint density at radius 3 is 2.19 bits per heavy atom. The van der Waals surface area contributed by atoms with Crippen molar-refractivity contribution in [1.29, 1.82) is 0 Å². The number of aliphatic imine (C=N–C) groups is 1. The van der Waals surface area contributed by atoms with Crippen molar-refractivity contribution in [1.82, 2.24) is 5.32 Å². The summed E-state index contributed by atoms with van der Waals surface area (Å²) in [7, 11) is 0. The predicted molar refractivity (Wildman–Crippen MR) is 106 cm³/mol. The molecule has 1 aromatic carbocycles. The Labute approximate surface area is 159 Å². The van der Waals surface area contributed by atoms with Crippen molar-refractivity contribution in [3.8, 4) is 0 Å². The second-order valence-electron chi connectivity index (χ2n) is 6.43. The highest BCUT2D eigenvalue weighted by atomic mass is 32.1. The maximum absolute atomic E-state index is 11.5. The van der Waals surface area contributed by atoms with Crippen LogP contribution >= 0.6 is 12.6 Å². The Kier molecular flexibility index (Phi) is 9.09. The maximum Gasteiger partial charge on any atom is 0.321 e. The fourth-order valence-electron chi connectivity index (χ4n) is 2.47. The fraction of sp³-hybridized carbons (Fsp3) is 0.421. The van der Waals surface area contributed by atoms with Crippen molar-refractivity contribution in [2.24, 2.45) is 10.9 Å². The van der Waals surface area contributed by atoms with Gasteiger partial charge in [0, 0.05) is 17.9 Å². The first-order valence-electron chi connectivity index (χ1n) is 8.37. The van der Waals surface area contributed by atoms with Gasteiger partial charge in [-0.2, -0.15) is 12.6 Å². The Morgan fingerprint density at radius 1 is 1.15 bits per heavy atom. The molecule has 0 heterocycles. The molecule has 1 rings (SSSR count). The van der Waals surface area contributed by atoms with Crippen molar-refractivity contribution in [3.05, 3.63) is 48.2 Å². The smallest absolute Gasteiger partial charge is 0.321 e. The van der Waals surface area contributed by atoms with E-state index in [9.17, 15) is 19.8 Å². The monoisotopic (exact) mass is 378 g/mol. The average Bonchev–Trinajstić information content (AvgIpc) is 2.58. The zero-order valence-electron chi connectivity index (χ0n) is 15.1. The van der Waals surface area contributed by atoms with E-state index in [2.05, 4.69) is 29.5 Å². The number of aliphatic carboxylic acids is 2. The van der Waals surface area contributed by atoms with Crippen LogP contribution in [-0.4, -0.2) is 45.7 Å². The first-order chi connectivity index (χ1) is 12.2. The molecule has 1 unspecified atom stereocenters. The van der Waals surface area contributed by atoms with E-state index in [0.29, 0.717) is 23.6 Å². The van der Waals surface area contributed by atoms with Crippen LogP contribution in [0.2, 0.25) is 0 Å². The molecule has 1 aromatic rings. The van der Waals surface area contributed by atoms with Gasteiger partial charge in [0.15, 0.2) is 0 Å². The van der Waals surface area contributed by atoms with Crippen LogP contribution in [0.1, 0.15) is 32.3 Å². The average molecular weight is 378 g/mol. The molecule has 0 aliphatic rings. The molecule has 0 amide bonds. The minimum absolute atomic E-state index is 0.00131. The van der Waals surface area contributed by atoms with Gasteiger partial charge in [0.1, 0.15) is 12.1 Å². The van der Waals surface area contributed by atoms with Gasteiger partial charge < -0.3 is 10.2 Å². The molecule has 0 radical (unpaired) electrons. The second-order valence-corrected chi connectivity index (χ2v) is 6.75. The zero-order valence-corrected chi connectivity index (χ0v) is 15.9. The van der Waals surface area contributed by atoms with Gasteiger partial charge in [-0.05, 0) is 17.9 Å². The standard InChI is InChI=1S/C19H26N2O4S/c1-12(2)9-15(18(22)23)21-16(19(24)25)10-13(3)20-17(11-26)14-7-5-4-6-8-14/h4-8,12,15-16,21,26H,3,9-11H2,1-2H3,(H,22,23)(H,24,25)/t15?,16-/m0/s1. The lowest BCUT2D eigenvalue weighted by molar-refractivity contribution is -0.142. The molecular weight excluding hydrogens is 352 g/mol. The van der Waals surface area contributed by atoms with Crippen LogP contribution < -0.4 is 5.32 Å². The third kappa shape index (κ3) is 7.41. The molecule has 0 saturated heterocycles. The number of carbonyl (C=O) groups is 2. The van der Waals surface area contributed by atoms with E-state index >= 15 is 0 Å². The van der Waals surface area contributed by atoms with Crippen LogP contribution in [0.5, 0.6) is 0 Å². The van der Waals surface area contributed by atoms with Gasteiger partial charge in [0.05, 0.1) is 5.71 Å². The third-order valence-electron chi connectivity index (χ3n) is 3.70. The van der Waals surface area contributed by atoms with Crippen LogP contribution in [0.3, 0.4) is 0 Å². The maximum atomic E-state index is 11.5.